The number of fused-ring (bicyclic) bond motifs is 1. The van der Waals surface area contributed by atoms with Gasteiger partial charge in [0.1, 0.15) is 0 Å². The molecule has 3 nitrogen and oxygen atoms in total. The molecule has 1 aromatic heterocycles. The zero-order valence-electron chi connectivity index (χ0n) is 11.3. The van der Waals surface area contributed by atoms with E-state index in [0.29, 0.717) is 13.2 Å². The minimum Gasteiger partial charge on any atom is -0.352 e. The molecule has 0 aromatic carbocycles. The van der Waals surface area contributed by atoms with Crippen LogP contribution in [0.3, 0.4) is 0 Å². The Balaban J connectivity index is 1.73. The Hall–Kier alpha value is -0.420. The first-order chi connectivity index (χ1) is 8.83. The predicted molar refractivity (Wildman–Crippen MR) is 75.1 cm³/mol. The lowest BCUT2D eigenvalue weighted by Crippen LogP contribution is -2.31. The van der Waals surface area contributed by atoms with Gasteiger partial charge in [0.15, 0.2) is 6.29 Å². The number of thiophene rings is 1. The van der Waals surface area contributed by atoms with E-state index in [2.05, 4.69) is 11.4 Å². The molecule has 1 aliphatic rings. The van der Waals surface area contributed by atoms with E-state index in [9.17, 15) is 0 Å². The van der Waals surface area contributed by atoms with Gasteiger partial charge < -0.3 is 14.8 Å². The summed E-state index contributed by atoms with van der Waals surface area (Å²) in [6.45, 7) is 7.06. The molecule has 2 rings (SSSR count). The number of hydrogen-bond acceptors (Lipinski definition) is 4. The molecule has 0 amide bonds. The molecule has 1 aliphatic carbocycles. The van der Waals surface area contributed by atoms with Crippen molar-refractivity contribution in [1.82, 2.24) is 5.32 Å². The van der Waals surface area contributed by atoms with Crippen molar-refractivity contribution in [3.8, 4) is 0 Å². The van der Waals surface area contributed by atoms with Crippen molar-refractivity contribution in [2.24, 2.45) is 0 Å². The van der Waals surface area contributed by atoms with Gasteiger partial charge in [-0.2, -0.15) is 0 Å². The third kappa shape index (κ3) is 3.79. The second kappa shape index (κ2) is 7.24. The van der Waals surface area contributed by atoms with E-state index in [1.54, 1.807) is 10.4 Å². The van der Waals surface area contributed by atoms with Gasteiger partial charge in [0.25, 0.3) is 0 Å². The van der Waals surface area contributed by atoms with Gasteiger partial charge in [-0.3, -0.25) is 0 Å². The lowest BCUT2D eigenvalue weighted by Gasteiger charge is -2.17. The topological polar surface area (TPSA) is 30.5 Å². The quantitative estimate of drug-likeness (QED) is 0.736. The maximum atomic E-state index is 5.50. The van der Waals surface area contributed by atoms with Crippen molar-refractivity contribution >= 4 is 11.3 Å². The number of aryl methyl sites for hydroxylation is 2. The smallest absolute Gasteiger partial charge is 0.169 e. The Labute approximate surface area is 113 Å². The molecule has 0 saturated heterocycles. The summed E-state index contributed by atoms with van der Waals surface area (Å²) in [4.78, 5) is 3.03. The Kier molecular flexibility index (Phi) is 5.63. The lowest BCUT2D eigenvalue weighted by atomic mass is 10.2. The van der Waals surface area contributed by atoms with Crippen LogP contribution in [-0.4, -0.2) is 26.0 Å². The summed E-state index contributed by atoms with van der Waals surface area (Å²) in [6.07, 6.45) is 3.77. The molecule has 4 heteroatoms. The summed E-state index contributed by atoms with van der Waals surface area (Å²) >= 11 is 1.96. The van der Waals surface area contributed by atoms with Crippen LogP contribution in [0.5, 0.6) is 0 Å². The highest BCUT2D eigenvalue weighted by Gasteiger charge is 2.14. The molecular weight excluding hydrogens is 246 g/mol. The lowest BCUT2D eigenvalue weighted by molar-refractivity contribution is -0.133. The molecule has 1 N–H and O–H groups in total. The molecule has 0 fully saturated rings. The van der Waals surface area contributed by atoms with Crippen molar-refractivity contribution in [3.05, 3.63) is 21.4 Å². The molecule has 0 atom stereocenters. The van der Waals surface area contributed by atoms with Crippen LogP contribution >= 0.6 is 11.3 Å². The molecule has 0 saturated carbocycles. The first-order valence-corrected chi connectivity index (χ1v) is 7.69. The standard InChI is InChI=1S/C14H23NO2S/c1-3-16-14(17-4-2)10-15-9-12-8-11-6-5-7-13(11)18-12/h8,14-15H,3-7,9-10H2,1-2H3. The third-order valence-electron chi connectivity index (χ3n) is 3.11. The largest absolute Gasteiger partial charge is 0.352 e. The van der Waals surface area contributed by atoms with Gasteiger partial charge in [0, 0.05) is 36.1 Å². The molecule has 1 heterocycles. The van der Waals surface area contributed by atoms with E-state index in [4.69, 9.17) is 9.47 Å². The van der Waals surface area contributed by atoms with Gasteiger partial charge in [-0.05, 0) is 44.7 Å². The van der Waals surface area contributed by atoms with E-state index in [1.165, 1.54) is 24.1 Å². The van der Waals surface area contributed by atoms with Gasteiger partial charge in [0.05, 0.1) is 0 Å². The summed E-state index contributed by atoms with van der Waals surface area (Å²) < 4.78 is 11.0. The molecular formula is C14H23NO2S. The summed E-state index contributed by atoms with van der Waals surface area (Å²) in [5, 5.41) is 3.42. The van der Waals surface area contributed by atoms with Crippen LogP contribution in [0.1, 0.15) is 35.6 Å². The van der Waals surface area contributed by atoms with E-state index in [1.807, 2.05) is 25.2 Å². The summed E-state index contributed by atoms with van der Waals surface area (Å²) in [7, 11) is 0. The Bertz CT molecular complexity index is 337. The van der Waals surface area contributed by atoms with Gasteiger partial charge in [0.2, 0.25) is 0 Å². The maximum Gasteiger partial charge on any atom is 0.169 e. The highest BCUT2D eigenvalue weighted by molar-refractivity contribution is 7.12. The normalized spacial score (nSPS) is 14.4. The molecule has 0 radical (unpaired) electrons. The fourth-order valence-electron chi connectivity index (χ4n) is 2.33. The highest BCUT2D eigenvalue weighted by Crippen LogP contribution is 2.30. The zero-order chi connectivity index (χ0) is 12.8. The van der Waals surface area contributed by atoms with Gasteiger partial charge >= 0.3 is 0 Å². The molecule has 18 heavy (non-hydrogen) atoms. The minimum absolute atomic E-state index is 0.119. The third-order valence-corrected chi connectivity index (χ3v) is 4.35. The monoisotopic (exact) mass is 269 g/mol. The molecule has 102 valence electrons. The molecule has 1 aromatic rings. The predicted octanol–water partition coefficient (Wildman–Crippen LogP) is 2.73. The van der Waals surface area contributed by atoms with Crippen molar-refractivity contribution < 1.29 is 9.47 Å². The number of ether oxygens (including phenoxy) is 2. The van der Waals surface area contributed by atoms with Gasteiger partial charge in [-0.15, -0.1) is 11.3 Å². The Morgan fingerprint density at radius 1 is 1.28 bits per heavy atom. The van der Waals surface area contributed by atoms with Crippen molar-refractivity contribution in [2.45, 2.75) is 45.9 Å². The van der Waals surface area contributed by atoms with E-state index in [0.717, 1.165) is 13.1 Å². The van der Waals surface area contributed by atoms with Crippen LogP contribution in [0, 0.1) is 0 Å². The van der Waals surface area contributed by atoms with Crippen molar-refractivity contribution in [1.29, 1.82) is 0 Å². The fraction of sp³-hybridized carbons (Fsp3) is 0.714. The molecule has 0 aliphatic heterocycles. The van der Waals surface area contributed by atoms with Crippen LogP contribution < -0.4 is 5.32 Å². The van der Waals surface area contributed by atoms with Crippen molar-refractivity contribution in [3.63, 3.8) is 0 Å². The van der Waals surface area contributed by atoms with Crippen LogP contribution in [0.4, 0.5) is 0 Å². The minimum atomic E-state index is -0.119. The number of rotatable bonds is 8. The van der Waals surface area contributed by atoms with E-state index >= 15 is 0 Å². The zero-order valence-corrected chi connectivity index (χ0v) is 12.1. The second-order valence-corrected chi connectivity index (χ2v) is 5.71. The maximum absolute atomic E-state index is 5.50. The van der Waals surface area contributed by atoms with Crippen molar-refractivity contribution in [2.75, 3.05) is 19.8 Å². The first kappa shape index (κ1) is 14.0. The number of hydrogen-bond donors (Lipinski definition) is 1. The first-order valence-electron chi connectivity index (χ1n) is 6.87. The average Bonchev–Trinajstić information content (AvgIpc) is 2.90. The average molecular weight is 269 g/mol. The second-order valence-electron chi connectivity index (χ2n) is 4.49. The molecule has 0 bridgehead atoms. The SMILES string of the molecule is CCOC(CNCc1cc2c(s1)CCC2)OCC. The molecule has 0 unspecified atom stereocenters. The molecule has 0 spiro atoms. The van der Waals surface area contributed by atoms with Gasteiger partial charge in [-0.1, -0.05) is 0 Å². The summed E-state index contributed by atoms with van der Waals surface area (Å²) in [5.74, 6) is 0. The van der Waals surface area contributed by atoms with Crippen LogP contribution in [0.2, 0.25) is 0 Å². The van der Waals surface area contributed by atoms with Crippen LogP contribution in [0.15, 0.2) is 6.07 Å². The van der Waals surface area contributed by atoms with Crippen LogP contribution in [-0.2, 0) is 28.9 Å². The number of nitrogens with one attached hydrogen (secondary N) is 1. The summed E-state index contributed by atoms with van der Waals surface area (Å²) in [5.41, 5.74) is 1.57. The Morgan fingerprint density at radius 2 is 2.06 bits per heavy atom. The fourth-order valence-corrected chi connectivity index (χ4v) is 3.56. The Morgan fingerprint density at radius 3 is 2.72 bits per heavy atom. The van der Waals surface area contributed by atoms with Gasteiger partial charge in [-0.25, -0.2) is 0 Å². The summed E-state index contributed by atoms with van der Waals surface area (Å²) in [6, 6.07) is 2.36. The van der Waals surface area contributed by atoms with Crippen LogP contribution in [0.25, 0.3) is 0 Å². The van der Waals surface area contributed by atoms with E-state index < -0.39 is 0 Å². The van der Waals surface area contributed by atoms with E-state index in [-0.39, 0.29) is 6.29 Å². The highest BCUT2D eigenvalue weighted by atomic mass is 32.1.